The summed E-state index contributed by atoms with van der Waals surface area (Å²) in [7, 11) is 3.08. The average Bonchev–Trinajstić information content (AvgIpc) is 3.55. The predicted molar refractivity (Wildman–Crippen MR) is 189 cm³/mol. The summed E-state index contributed by atoms with van der Waals surface area (Å²) in [5.41, 5.74) is 5.27. The van der Waals surface area contributed by atoms with E-state index in [0.29, 0.717) is 47.4 Å². The molecule has 0 aliphatic carbocycles. The van der Waals surface area contributed by atoms with E-state index in [1.807, 2.05) is 46.2 Å². The quantitative estimate of drug-likeness (QED) is 0.172. The number of aromatic nitrogens is 2. The van der Waals surface area contributed by atoms with Crippen molar-refractivity contribution in [3.63, 3.8) is 0 Å². The van der Waals surface area contributed by atoms with Crippen molar-refractivity contribution in [2.45, 2.75) is 65.5 Å². The van der Waals surface area contributed by atoms with Gasteiger partial charge in [0.1, 0.15) is 0 Å². The summed E-state index contributed by atoms with van der Waals surface area (Å²) >= 11 is 6.36. The number of methoxy groups -OCH3 is 1. The van der Waals surface area contributed by atoms with Gasteiger partial charge in [-0.15, -0.1) is 0 Å². The molecule has 1 N–H and O–H groups in total. The van der Waals surface area contributed by atoms with Gasteiger partial charge in [-0.3, -0.25) is 14.4 Å². The molecule has 1 aromatic heterocycles. The molecule has 3 amide bonds. The van der Waals surface area contributed by atoms with Gasteiger partial charge in [0.2, 0.25) is 5.88 Å². The second kappa shape index (κ2) is 15.5. The van der Waals surface area contributed by atoms with Gasteiger partial charge < -0.3 is 19.9 Å². The fourth-order valence-corrected chi connectivity index (χ4v) is 6.36. The lowest BCUT2D eigenvalue weighted by Gasteiger charge is -2.35. The van der Waals surface area contributed by atoms with Gasteiger partial charge in [-0.2, -0.15) is 9.78 Å². The van der Waals surface area contributed by atoms with Crippen LogP contribution in [0.5, 0.6) is 5.88 Å². The third kappa shape index (κ3) is 7.26. The lowest BCUT2D eigenvalue weighted by Crippen LogP contribution is -2.43. The highest BCUT2D eigenvalue weighted by molar-refractivity contribution is 6.34. The summed E-state index contributed by atoms with van der Waals surface area (Å²) in [6.07, 6.45) is 4.48. The molecule has 10 heteroatoms. The van der Waals surface area contributed by atoms with E-state index in [4.69, 9.17) is 21.4 Å². The van der Waals surface area contributed by atoms with Crippen molar-refractivity contribution in [3.05, 3.63) is 99.7 Å². The number of amides is 3. The minimum atomic E-state index is -0.305. The number of ether oxygens (including phenoxy) is 1. The van der Waals surface area contributed by atoms with Crippen LogP contribution in [0.1, 0.15) is 88.8 Å². The molecule has 0 bridgehead atoms. The van der Waals surface area contributed by atoms with Crippen molar-refractivity contribution < 1.29 is 19.1 Å². The fourth-order valence-electron chi connectivity index (χ4n) is 6.15. The van der Waals surface area contributed by atoms with Crippen LogP contribution in [0.25, 0.3) is 16.8 Å². The lowest BCUT2D eigenvalue weighted by atomic mass is 9.93. The summed E-state index contributed by atoms with van der Waals surface area (Å²) in [4.78, 5) is 44.7. The smallest absolute Gasteiger partial charge is 0.274 e. The van der Waals surface area contributed by atoms with Crippen molar-refractivity contribution in [2.24, 2.45) is 0 Å². The Morgan fingerprint density at radius 1 is 0.938 bits per heavy atom. The number of carbonyl (C=O) groups excluding carboxylic acids is 3. The number of fused-ring (bicyclic) bond motifs is 1. The molecular weight excluding hydrogens is 626 g/mol. The van der Waals surface area contributed by atoms with Crippen LogP contribution in [-0.4, -0.2) is 70.6 Å². The van der Waals surface area contributed by atoms with E-state index < -0.39 is 0 Å². The zero-order chi connectivity index (χ0) is 34.4. The molecule has 3 aromatic carbocycles. The third-order valence-electron chi connectivity index (χ3n) is 8.95. The Morgan fingerprint density at radius 3 is 2.23 bits per heavy atom. The molecule has 1 aliphatic heterocycles. The molecule has 0 radical (unpaired) electrons. The summed E-state index contributed by atoms with van der Waals surface area (Å²) in [6.45, 7) is 8.03. The first-order valence-corrected chi connectivity index (χ1v) is 17.1. The van der Waals surface area contributed by atoms with Gasteiger partial charge in [0.05, 0.1) is 28.9 Å². The number of hydrogen-bond donors (Lipinski definition) is 1. The number of carbonyl (C=O) groups is 3. The molecule has 5 rings (SSSR count). The van der Waals surface area contributed by atoms with Crippen molar-refractivity contribution in [1.82, 2.24) is 24.9 Å². The van der Waals surface area contributed by atoms with Crippen LogP contribution >= 0.6 is 11.6 Å². The maximum atomic E-state index is 14.6. The molecule has 252 valence electrons. The predicted octanol–water partition coefficient (Wildman–Crippen LogP) is 7.19. The van der Waals surface area contributed by atoms with Crippen LogP contribution in [0.4, 0.5) is 0 Å². The number of nitrogens with zero attached hydrogens (tertiary/aromatic N) is 4. The fraction of sp³-hybridized carbons (Fsp3) is 0.368. The van der Waals surface area contributed by atoms with E-state index in [-0.39, 0.29) is 29.5 Å². The largest absolute Gasteiger partial charge is 0.481 e. The minimum Gasteiger partial charge on any atom is -0.481 e. The highest BCUT2D eigenvalue weighted by Gasteiger charge is 2.31. The molecule has 4 aromatic rings. The Bertz CT molecular complexity index is 1790. The Balaban J connectivity index is 1.62. The Kier molecular flexibility index (Phi) is 11.2. The standard InChI is InChI=1S/C38H44ClN5O4/c1-6-8-18-42(19-9-7-2)38(47)33-23-35(48-5)44(41-33)34-17-15-28(27-14-16-32(39)30(21-27)36(45)40-4)22-31(34)37(46)43-24-29-13-11-10-12-26(29)20-25(43)3/h10-17,21-23,25H,6-9,18-20,24H2,1-5H3,(H,40,45). The van der Waals surface area contributed by atoms with Gasteiger partial charge in [-0.1, -0.05) is 74.7 Å². The van der Waals surface area contributed by atoms with Crippen LogP contribution in [0, 0.1) is 0 Å². The summed E-state index contributed by atoms with van der Waals surface area (Å²) < 4.78 is 7.29. The van der Waals surface area contributed by atoms with Gasteiger partial charge in [0.15, 0.2) is 5.69 Å². The first-order valence-electron chi connectivity index (χ1n) is 16.7. The van der Waals surface area contributed by atoms with Crippen LogP contribution < -0.4 is 10.1 Å². The molecule has 2 heterocycles. The van der Waals surface area contributed by atoms with Gasteiger partial charge in [-0.05, 0) is 72.7 Å². The van der Waals surface area contributed by atoms with E-state index in [1.165, 1.54) is 12.7 Å². The maximum Gasteiger partial charge on any atom is 0.274 e. The number of unbranched alkanes of at least 4 members (excludes halogenated alkanes) is 2. The van der Waals surface area contributed by atoms with E-state index in [0.717, 1.165) is 48.8 Å². The van der Waals surface area contributed by atoms with Crippen LogP contribution in [0.3, 0.4) is 0 Å². The molecular formula is C38H44ClN5O4. The van der Waals surface area contributed by atoms with Crippen molar-refractivity contribution in [3.8, 4) is 22.7 Å². The topological polar surface area (TPSA) is 96.8 Å². The molecule has 0 fully saturated rings. The first-order chi connectivity index (χ1) is 23.2. The second-order valence-electron chi connectivity index (χ2n) is 12.2. The Labute approximate surface area is 287 Å². The van der Waals surface area contributed by atoms with Gasteiger partial charge in [-0.25, -0.2) is 0 Å². The van der Waals surface area contributed by atoms with E-state index in [9.17, 15) is 14.4 Å². The van der Waals surface area contributed by atoms with Gasteiger partial charge in [0, 0.05) is 38.8 Å². The third-order valence-corrected chi connectivity index (χ3v) is 9.28. The molecule has 0 spiro atoms. The summed E-state index contributed by atoms with van der Waals surface area (Å²) in [5, 5.41) is 7.71. The highest BCUT2D eigenvalue weighted by Crippen LogP contribution is 2.33. The Morgan fingerprint density at radius 2 is 1.58 bits per heavy atom. The van der Waals surface area contributed by atoms with Crippen LogP contribution in [0.2, 0.25) is 5.02 Å². The number of hydrogen-bond acceptors (Lipinski definition) is 5. The highest BCUT2D eigenvalue weighted by atomic mass is 35.5. The van der Waals surface area contributed by atoms with Crippen molar-refractivity contribution >= 4 is 29.3 Å². The average molecular weight is 670 g/mol. The second-order valence-corrected chi connectivity index (χ2v) is 12.7. The summed E-state index contributed by atoms with van der Waals surface area (Å²) in [6, 6.07) is 20.5. The SMILES string of the molecule is CCCCN(CCCC)C(=O)c1cc(OC)n(-c2ccc(-c3ccc(Cl)c(C(=O)NC)c3)cc2C(=O)N2Cc3ccccc3CC2C)n1. The van der Waals surface area contributed by atoms with Gasteiger partial charge in [0.25, 0.3) is 17.7 Å². The monoisotopic (exact) mass is 669 g/mol. The minimum absolute atomic E-state index is 0.0540. The molecule has 0 saturated carbocycles. The van der Waals surface area contributed by atoms with Crippen LogP contribution in [0.15, 0.2) is 66.7 Å². The summed E-state index contributed by atoms with van der Waals surface area (Å²) in [5.74, 6) is -0.299. The number of nitrogens with one attached hydrogen (secondary N) is 1. The molecule has 1 aliphatic rings. The first kappa shape index (κ1) is 34.7. The molecule has 0 saturated heterocycles. The number of benzene rings is 3. The van der Waals surface area contributed by atoms with Crippen molar-refractivity contribution in [1.29, 1.82) is 0 Å². The maximum absolute atomic E-state index is 14.6. The Hall–Kier alpha value is -4.63. The lowest BCUT2D eigenvalue weighted by molar-refractivity contribution is 0.0657. The van der Waals surface area contributed by atoms with E-state index >= 15 is 0 Å². The normalized spacial score (nSPS) is 14.0. The molecule has 9 nitrogen and oxygen atoms in total. The number of rotatable bonds is 12. The zero-order valence-electron chi connectivity index (χ0n) is 28.4. The van der Waals surface area contributed by atoms with Gasteiger partial charge >= 0.3 is 0 Å². The molecule has 1 unspecified atom stereocenters. The zero-order valence-corrected chi connectivity index (χ0v) is 29.1. The van der Waals surface area contributed by atoms with E-state index in [2.05, 4.69) is 38.2 Å². The van der Waals surface area contributed by atoms with E-state index in [1.54, 1.807) is 29.9 Å². The molecule has 1 atom stereocenters. The number of halogens is 1. The van der Waals surface area contributed by atoms with Crippen LogP contribution in [-0.2, 0) is 13.0 Å². The molecule has 48 heavy (non-hydrogen) atoms. The van der Waals surface area contributed by atoms with Crippen molar-refractivity contribution in [2.75, 3.05) is 27.2 Å².